The zero-order valence-electron chi connectivity index (χ0n) is 8.58. The Morgan fingerprint density at radius 3 is 2.93 bits per heavy atom. The molecule has 0 spiro atoms. The van der Waals surface area contributed by atoms with E-state index in [-0.39, 0.29) is 0 Å². The highest BCUT2D eigenvalue weighted by atomic mass is 32.1. The van der Waals surface area contributed by atoms with Gasteiger partial charge in [0, 0.05) is 6.54 Å². The van der Waals surface area contributed by atoms with Gasteiger partial charge < -0.3 is 9.73 Å². The van der Waals surface area contributed by atoms with Gasteiger partial charge in [0.1, 0.15) is 4.99 Å². The highest BCUT2D eigenvalue weighted by Crippen LogP contribution is 2.01. The van der Waals surface area contributed by atoms with E-state index in [0.29, 0.717) is 4.99 Å². The van der Waals surface area contributed by atoms with E-state index in [2.05, 4.69) is 12.2 Å². The Labute approximate surface area is 90.7 Å². The number of nitrogens with one attached hydrogen (secondary N) is 1. The van der Waals surface area contributed by atoms with Crippen molar-refractivity contribution in [3.05, 3.63) is 24.2 Å². The molecule has 0 atom stereocenters. The van der Waals surface area contributed by atoms with E-state index in [0.717, 1.165) is 12.3 Å². The smallest absolute Gasteiger partial charge is 0.160 e. The minimum atomic E-state index is 0.714. The minimum absolute atomic E-state index is 0.714. The molecule has 0 aliphatic rings. The third-order valence-corrected chi connectivity index (χ3v) is 2.41. The van der Waals surface area contributed by atoms with Gasteiger partial charge in [0.25, 0.3) is 0 Å². The summed E-state index contributed by atoms with van der Waals surface area (Å²) in [5, 5.41) is 3.18. The monoisotopic (exact) mass is 211 g/mol. The summed E-state index contributed by atoms with van der Waals surface area (Å²) in [4.78, 5) is 0.714. The molecule has 0 fully saturated rings. The van der Waals surface area contributed by atoms with Gasteiger partial charge in [-0.1, -0.05) is 38.4 Å². The lowest BCUT2D eigenvalue weighted by Gasteiger charge is -2.04. The van der Waals surface area contributed by atoms with Crippen molar-refractivity contribution in [1.82, 2.24) is 5.32 Å². The molecule has 0 bridgehead atoms. The van der Waals surface area contributed by atoms with Gasteiger partial charge in [-0.2, -0.15) is 0 Å². The number of hydrogen-bond acceptors (Lipinski definition) is 2. The van der Waals surface area contributed by atoms with E-state index >= 15 is 0 Å². The number of furan rings is 1. The van der Waals surface area contributed by atoms with Crippen molar-refractivity contribution in [2.75, 3.05) is 6.54 Å². The SMILES string of the molecule is CCCCCCNC(=S)c1ccco1. The maximum atomic E-state index is 5.17. The largest absolute Gasteiger partial charge is 0.462 e. The molecule has 0 radical (unpaired) electrons. The molecule has 0 unspecified atom stereocenters. The zero-order valence-corrected chi connectivity index (χ0v) is 9.40. The Morgan fingerprint density at radius 1 is 1.43 bits per heavy atom. The first-order valence-electron chi connectivity index (χ1n) is 5.16. The summed E-state index contributed by atoms with van der Waals surface area (Å²) in [5.74, 6) is 0.760. The molecule has 0 aliphatic carbocycles. The summed E-state index contributed by atoms with van der Waals surface area (Å²) < 4.78 is 5.17. The van der Waals surface area contributed by atoms with Crippen molar-refractivity contribution in [2.45, 2.75) is 32.6 Å². The Balaban J connectivity index is 2.10. The number of hydrogen-bond donors (Lipinski definition) is 1. The molecule has 78 valence electrons. The van der Waals surface area contributed by atoms with Crippen LogP contribution in [-0.4, -0.2) is 11.5 Å². The third-order valence-electron chi connectivity index (χ3n) is 2.06. The first kappa shape index (κ1) is 11.2. The molecule has 1 rings (SSSR count). The number of thiocarbonyl (C=S) groups is 1. The lowest BCUT2D eigenvalue weighted by Crippen LogP contribution is -2.22. The Kier molecular flexibility index (Phi) is 5.30. The van der Waals surface area contributed by atoms with Crippen LogP contribution < -0.4 is 5.32 Å². The standard InChI is InChI=1S/C11H17NOS/c1-2-3-4-5-8-12-11(14)10-7-6-9-13-10/h6-7,9H,2-5,8H2,1H3,(H,12,14). The molecule has 0 amide bonds. The van der Waals surface area contributed by atoms with Gasteiger partial charge in [0.15, 0.2) is 5.76 Å². The molecular formula is C11H17NOS. The van der Waals surface area contributed by atoms with Crippen LogP contribution in [0.4, 0.5) is 0 Å². The van der Waals surface area contributed by atoms with Crippen molar-refractivity contribution in [3.63, 3.8) is 0 Å². The lowest BCUT2D eigenvalue weighted by atomic mass is 10.2. The molecule has 3 heteroatoms. The quantitative estimate of drug-likeness (QED) is 0.578. The second kappa shape index (κ2) is 6.60. The first-order valence-corrected chi connectivity index (χ1v) is 5.57. The third kappa shape index (κ3) is 3.92. The predicted molar refractivity (Wildman–Crippen MR) is 62.6 cm³/mol. The van der Waals surface area contributed by atoms with E-state index in [1.165, 1.54) is 25.7 Å². The van der Waals surface area contributed by atoms with Crippen molar-refractivity contribution in [2.24, 2.45) is 0 Å². The second-order valence-corrected chi connectivity index (χ2v) is 3.70. The van der Waals surface area contributed by atoms with E-state index in [4.69, 9.17) is 16.6 Å². The van der Waals surface area contributed by atoms with Crippen molar-refractivity contribution >= 4 is 17.2 Å². The van der Waals surface area contributed by atoms with Gasteiger partial charge in [-0.05, 0) is 18.6 Å². The summed E-state index contributed by atoms with van der Waals surface area (Å²) in [6, 6.07) is 3.72. The summed E-state index contributed by atoms with van der Waals surface area (Å²) in [7, 11) is 0. The molecule has 1 aromatic rings. The van der Waals surface area contributed by atoms with Crippen molar-refractivity contribution < 1.29 is 4.42 Å². The predicted octanol–water partition coefficient (Wildman–Crippen LogP) is 3.13. The highest BCUT2D eigenvalue weighted by Gasteiger charge is 2.01. The van der Waals surface area contributed by atoms with Crippen LogP contribution in [0, 0.1) is 0 Å². The second-order valence-electron chi connectivity index (χ2n) is 3.29. The molecule has 0 aromatic carbocycles. The lowest BCUT2D eigenvalue weighted by molar-refractivity contribution is 0.554. The molecule has 2 nitrogen and oxygen atoms in total. The van der Waals surface area contributed by atoms with Crippen LogP contribution in [0.3, 0.4) is 0 Å². The van der Waals surface area contributed by atoms with Crippen LogP contribution in [0.5, 0.6) is 0 Å². The fourth-order valence-electron chi connectivity index (χ4n) is 1.25. The molecule has 1 N–H and O–H groups in total. The normalized spacial score (nSPS) is 10.1. The van der Waals surface area contributed by atoms with E-state index in [1.807, 2.05) is 12.1 Å². The van der Waals surface area contributed by atoms with Gasteiger partial charge in [-0.3, -0.25) is 0 Å². The van der Waals surface area contributed by atoms with Crippen molar-refractivity contribution in [3.8, 4) is 0 Å². The molecule has 0 saturated heterocycles. The van der Waals surface area contributed by atoms with Crippen LogP contribution in [0.2, 0.25) is 0 Å². The fraction of sp³-hybridized carbons (Fsp3) is 0.545. The van der Waals surface area contributed by atoms with Crippen LogP contribution in [0.25, 0.3) is 0 Å². The average Bonchev–Trinajstić information content (AvgIpc) is 2.70. The van der Waals surface area contributed by atoms with Gasteiger partial charge in [-0.15, -0.1) is 0 Å². The van der Waals surface area contributed by atoms with Crippen LogP contribution >= 0.6 is 12.2 Å². The molecule has 1 heterocycles. The summed E-state index contributed by atoms with van der Waals surface area (Å²) >= 11 is 5.15. The zero-order chi connectivity index (χ0) is 10.2. The molecule has 0 saturated carbocycles. The van der Waals surface area contributed by atoms with E-state index in [9.17, 15) is 0 Å². The minimum Gasteiger partial charge on any atom is -0.462 e. The average molecular weight is 211 g/mol. The van der Waals surface area contributed by atoms with Crippen LogP contribution in [0.1, 0.15) is 38.4 Å². The Hall–Kier alpha value is -0.830. The van der Waals surface area contributed by atoms with Crippen LogP contribution in [-0.2, 0) is 0 Å². The number of rotatable bonds is 6. The topological polar surface area (TPSA) is 25.2 Å². The van der Waals surface area contributed by atoms with E-state index < -0.39 is 0 Å². The molecule has 1 aromatic heterocycles. The Bertz CT molecular complexity index is 256. The maximum Gasteiger partial charge on any atom is 0.160 e. The summed E-state index contributed by atoms with van der Waals surface area (Å²) in [6.07, 6.45) is 6.65. The first-order chi connectivity index (χ1) is 6.84. The summed E-state index contributed by atoms with van der Waals surface area (Å²) in [6.45, 7) is 3.15. The molecular weight excluding hydrogens is 194 g/mol. The van der Waals surface area contributed by atoms with Gasteiger partial charge in [0.05, 0.1) is 6.26 Å². The molecule has 14 heavy (non-hydrogen) atoms. The maximum absolute atomic E-state index is 5.17. The van der Waals surface area contributed by atoms with Gasteiger partial charge >= 0.3 is 0 Å². The van der Waals surface area contributed by atoms with Gasteiger partial charge in [-0.25, -0.2) is 0 Å². The Morgan fingerprint density at radius 2 is 2.29 bits per heavy atom. The van der Waals surface area contributed by atoms with Crippen molar-refractivity contribution in [1.29, 1.82) is 0 Å². The van der Waals surface area contributed by atoms with Gasteiger partial charge in [0.2, 0.25) is 0 Å². The van der Waals surface area contributed by atoms with Crippen LogP contribution in [0.15, 0.2) is 22.8 Å². The van der Waals surface area contributed by atoms with E-state index in [1.54, 1.807) is 6.26 Å². The summed E-state index contributed by atoms with van der Waals surface area (Å²) in [5.41, 5.74) is 0. The highest BCUT2D eigenvalue weighted by molar-refractivity contribution is 7.80. The molecule has 0 aliphatic heterocycles. The fourth-order valence-corrected chi connectivity index (χ4v) is 1.47. The number of unbranched alkanes of at least 4 members (excludes halogenated alkanes) is 3.